The number of aliphatic hydroxyl groups excluding tert-OH is 3. The number of benzene rings is 2. The van der Waals surface area contributed by atoms with Gasteiger partial charge in [-0.05, 0) is 13.0 Å². The number of methoxy groups -OCH3 is 2. The molecular formula is C32H39NO13. The molecule has 0 spiro atoms. The molecule has 2 aliphatic heterocycles. The molecule has 1 unspecified atom stereocenters. The normalized spacial score (nSPS) is 32.0. The lowest BCUT2D eigenvalue weighted by atomic mass is 9.71. The molecule has 2 fully saturated rings. The number of hydrogen-bond acceptors (Lipinski definition) is 14. The first kappa shape index (κ1) is 32.7. The van der Waals surface area contributed by atoms with E-state index in [0.29, 0.717) is 19.7 Å². The van der Waals surface area contributed by atoms with Gasteiger partial charge in [0.2, 0.25) is 5.78 Å². The van der Waals surface area contributed by atoms with E-state index >= 15 is 0 Å². The van der Waals surface area contributed by atoms with Crippen molar-refractivity contribution >= 4 is 11.6 Å². The number of carbonyl (C=O) groups excluding carboxylic acids is 2. The summed E-state index contributed by atoms with van der Waals surface area (Å²) in [6, 6.07) is 3.98. The number of nitrogens with zero attached hydrogens (tertiary/aromatic N) is 1. The number of rotatable bonds is 7. The molecular weight excluding hydrogens is 606 g/mol. The molecule has 6 N–H and O–H groups in total. The second-order valence-electron chi connectivity index (χ2n) is 12.3. The van der Waals surface area contributed by atoms with Gasteiger partial charge in [0.15, 0.2) is 18.4 Å². The summed E-state index contributed by atoms with van der Waals surface area (Å²) in [5, 5.41) is 66.4. The van der Waals surface area contributed by atoms with Crippen molar-refractivity contribution in [1.82, 2.24) is 4.90 Å². The Bertz CT molecular complexity index is 1530. The summed E-state index contributed by atoms with van der Waals surface area (Å²) in [6.45, 7) is 2.12. The molecule has 0 bridgehead atoms. The van der Waals surface area contributed by atoms with Crippen LogP contribution in [0, 0.1) is 0 Å². The minimum absolute atomic E-state index is 0.0335. The quantitative estimate of drug-likeness (QED) is 0.189. The first-order chi connectivity index (χ1) is 21.9. The van der Waals surface area contributed by atoms with Gasteiger partial charge >= 0.3 is 0 Å². The van der Waals surface area contributed by atoms with E-state index in [1.807, 2.05) is 4.90 Å². The number of morpholine rings is 1. The number of hydrogen-bond donors (Lipinski definition) is 6. The van der Waals surface area contributed by atoms with E-state index in [2.05, 4.69) is 0 Å². The second-order valence-corrected chi connectivity index (χ2v) is 12.3. The number of aromatic hydroxyl groups is 2. The number of ketones is 2. The van der Waals surface area contributed by atoms with Gasteiger partial charge in [-0.2, -0.15) is 0 Å². The van der Waals surface area contributed by atoms with Crippen LogP contribution < -0.4 is 4.74 Å². The van der Waals surface area contributed by atoms with Crippen LogP contribution in [0.1, 0.15) is 68.8 Å². The largest absolute Gasteiger partial charge is 0.507 e. The van der Waals surface area contributed by atoms with Crippen molar-refractivity contribution in [2.45, 2.75) is 74.8 Å². The zero-order chi connectivity index (χ0) is 33.1. The molecule has 2 aromatic carbocycles. The van der Waals surface area contributed by atoms with Crippen LogP contribution in [-0.4, -0.2) is 130 Å². The van der Waals surface area contributed by atoms with E-state index in [1.54, 1.807) is 6.92 Å². The van der Waals surface area contributed by atoms with Crippen LogP contribution in [0.4, 0.5) is 0 Å². The van der Waals surface area contributed by atoms with Crippen LogP contribution in [0.15, 0.2) is 18.2 Å². The second kappa shape index (κ2) is 12.4. The van der Waals surface area contributed by atoms with Gasteiger partial charge < -0.3 is 54.3 Å². The number of ether oxygens (including phenoxy) is 5. The summed E-state index contributed by atoms with van der Waals surface area (Å²) < 4.78 is 28.6. The third kappa shape index (κ3) is 5.27. The lowest BCUT2D eigenvalue weighted by molar-refractivity contribution is -0.269. The van der Waals surface area contributed by atoms with Crippen molar-refractivity contribution in [2.24, 2.45) is 0 Å². The maximum Gasteiger partial charge on any atom is 0.202 e. The Labute approximate surface area is 264 Å². The topological polar surface area (TPSA) is 205 Å². The smallest absolute Gasteiger partial charge is 0.202 e. The fourth-order valence-corrected chi connectivity index (χ4v) is 7.23. The monoisotopic (exact) mass is 645 g/mol. The standard InChI is InChI=1S/C32H39NO13/c1-14-27(36)17(33-7-8-44-22(12-33)43-3)9-21(45-14)46-19-11-32(41,20(35)13-34)10-16-24(19)31(40)26-25(29(16)38)28(37)15-5-4-6-18(42-2)23(15)30(26)39/h4-6,14,17,19-22,27,34-36,38,40-41H,7-13H2,1-3H3/t14-,17-,19-,20?,21-,22-,27+,32-/m0/s1. The van der Waals surface area contributed by atoms with Gasteiger partial charge in [-0.25, -0.2) is 0 Å². The molecule has 0 aromatic heterocycles. The molecule has 0 amide bonds. The van der Waals surface area contributed by atoms with Crippen LogP contribution in [0.3, 0.4) is 0 Å². The van der Waals surface area contributed by atoms with E-state index in [4.69, 9.17) is 23.7 Å². The lowest BCUT2D eigenvalue weighted by Crippen LogP contribution is -2.59. The molecule has 2 aromatic rings. The maximum absolute atomic E-state index is 13.9. The van der Waals surface area contributed by atoms with Crippen LogP contribution in [0.2, 0.25) is 0 Å². The molecule has 2 saturated heterocycles. The molecule has 0 saturated carbocycles. The van der Waals surface area contributed by atoms with Crippen LogP contribution in [0.5, 0.6) is 17.2 Å². The summed E-state index contributed by atoms with van der Waals surface area (Å²) in [5.74, 6) is -2.66. The number of phenols is 2. The fourth-order valence-electron chi connectivity index (χ4n) is 7.23. The fraction of sp³-hybridized carbons (Fsp3) is 0.562. The summed E-state index contributed by atoms with van der Waals surface area (Å²) in [5.41, 5.74) is -3.24. The minimum Gasteiger partial charge on any atom is -0.507 e. The maximum atomic E-state index is 13.9. The van der Waals surface area contributed by atoms with Gasteiger partial charge in [-0.15, -0.1) is 0 Å². The predicted molar refractivity (Wildman–Crippen MR) is 157 cm³/mol. The Morgan fingerprint density at radius 2 is 1.83 bits per heavy atom. The Kier molecular flexibility index (Phi) is 8.86. The van der Waals surface area contributed by atoms with Crippen LogP contribution >= 0.6 is 0 Å². The lowest BCUT2D eigenvalue weighted by Gasteiger charge is -2.47. The first-order valence-corrected chi connectivity index (χ1v) is 15.2. The average Bonchev–Trinajstić information content (AvgIpc) is 3.05. The molecule has 250 valence electrons. The van der Waals surface area contributed by atoms with Crippen molar-refractivity contribution < 1.29 is 63.9 Å². The molecule has 6 rings (SSSR count). The van der Waals surface area contributed by atoms with Gasteiger partial charge in [-0.1, -0.05) is 12.1 Å². The van der Waals surface area contributed by atoms with Crippen molar-refractivity contribution in [1.29, 1.82) is 0 Å². The van der Waals surface area contributed by atoms with Gasteiger partial charge in [0.1, 0.15) is 23.4 Å². The molecule has 8 atom stereocenters. The van der Waals surface area contributed by atoms with Crippen LogP contribution in [0.25, 0.3) is 0 Å². The van der Waals surface area contributed by atoms with E-state index < -0.39 is 95.9 Å². The van der Waals surface area contributed by atoms with E-state index in [1.165, 1.54) is 32.4 Å². The summed E-state index contributed by atoms with van der Waals surface area (Å²) in [4.78, 5) is 29.6. The van der Waals surface area contributed by atoms with Crippen molar-refractivity contribution in [3.8, 4) is 17.2 Å². The Hall–Kier alpha value is -3.18. The molecule has 2 heterocycles. The predicted octanol–water partition coefficient (Wildman–Crippen LogP) is 0.139. The summed E-state index contributed by atoms with van der Waals surface area (Å²) in [6.07, 6.45) is -6.79. The minimum atomic E-state index is -2.07. The first-order valence-electron chi connectivity index (χ1n) is 15.2. The highest BCUT2D eigenvalue weighted by molar-refractivity contribution is 6.31. The molecule has 4 aliphatic rings. The number of fused-ring (bicyclic) bond motifs is 3. The number of carbonyl (C=O) groups is 2. The SMILES string of the molecule is COc1cccc2c1C(=O)c1c(O)c3c(c(O)c1C2=O)C[C@@](O)(C(O)CO)C[C@@H]3O[C@H]1C[C@H](N2CCO[C@H](OC)C2)[C@H](O)[C@H](C)O1. The molecule has 2 aliphatic carbocycles. The van der Waals surface area contributed by atoms with Gasteiger partial charge in [0.05, 0.1) is 60.9 Å². The van der Waals surface area contributed by atoms with Crippen molar-refractivity contribution in [3.05, 3.63) is 51.6 Å². The molecule has 14 heteroatoms. The van der Waals surface area contributed by atoms with Gasteiger partial charge in [0, 0.05) is 62.2 Å². The van der Waals surface area contributed by atoms with Crippen molar-refractivity contribution in [2.75, 3.05) is 40.5 Å². The van der Waals surface area contributed by atoms with E-state index in [-0.39, 0.29) is 40.8 Å². The van der Waals surface area contributed by atoms with Crippen molar-refractivity contribution in [3.63, 3.8) is 0 Å². The Balaban J connectivity index is 1.42. The highest BCUT2D eigenvalue weighted by Crippen LogP contribution is 2.53. The van der Waals surface area contributed by atoms with E-state index in [0.717, 1.165) is 0 Å². The third-order valence-corrected chi connectivity index (χ3v) is 9.69. The highest BCUT2D eigenvalue weighted by Gasteiger charge is 2.50. The number of phenolic OH excluding ortho intramolecular Hbond substituents is 2. The van der Waals surface area contributed by atoms with Gasteiger partial charge in [-0.3, -0.25) is 14.5 Å². The zero-order valence-electron chi connectivity index (χ0n) is 25.7. The Morgan fingerprint density at radius 1 is 1.09 bits per heavy atom. The number of aliphatic hydroxyl groups is 4. The summed E-state index contributed by atoms with van der Waals surface area (Å²) in [7, 11) is 2.87. The zero-order valence-corrected chi connectivity index (χ0v) is 25.7. The van der Waals surface area contributed by atoms with Crippen LogP contribution in [-0.2, 0) is 25.4 Å². The van der Waals surface area contributed by atoms with E-state index in [9.17, 15) is 40.2 Å². The van der Waals surface area contributed by atoms with Gasteiger partial charge in [0.25, 0.3) is 0 Å². The molecule has 14 nitrogen and oxygen atoms in total. The summed E-state index contributed by atoms with van der Waals surface area (Å²) >= 11 is 0. The molecule has 46 heavy (non-hydrogen) atoms. The highest BCUT2D eigenvalue weighted by atomic mass is 16.7. The average molecular weight is 646 g/mol. The Morgan fingerprint density at radius 3 is 2.52 bits per heavy atom. The molecule has 0 radical (unpaired) electrons. The third-order valence-electron chi connectivity index (χ3n) is 9.69.